The molecule has 20 heavy (non-hydrogen) atoms. The van der Waals surface area contributed by atoms with Gasteiger partial charge in [0.2, 0.25) is 11.2 Å². The van der Waals surface area contributed by atoms with Crippen LogP contribution in [0.1, 0.15) is 16.2 Å². The lowest BCUT2D eigenvalue weighted by Gasteiger charge is -2.05. The number of carbonyl (C=O) groups is 2. The molecule has 0 aliphatic carbocycles. The fourth-order valence-electron chi connectivity index (χ4n) is 1.43. The standard InChI is InChI=1S/C12H11N5O2S/c1-7-14-12(20-17-7)16-15-9(11(13)19)10(18)8-5-3-2-4-6-8/h2-6,9H,1H3,(H2,13,19). The molecule has 1 atom stereocenters. The summed E-state index contributed by atoms with van der Waals surface area (Å²) in [5.41, 5.74) is 5.55. The van der Waals surface area contributed by atoms with Crippen molar-refractivity contribution in [1.82, 2.24) is 9.36 Å². The molecule has 0 saturated heterocycles. The van der Waals surface area contributed by atoms with Crippen LogP contribution in [-0.4, -0.2) is 27.1 Å². The lowest BCUT2D eigenvalue weighted by atomic mass is 10.0. The van der Waals surface area contributed by atoms with Crippen LogP contribution in [0.25, 0.3) is 0 Å². The number of primary amides is 1. The van der Waals surface area contributed by atoms with E-state index in [9.17, 15) is 9.59 Å². The van der Waals surface area contributed by atoms with Gasteiger partial charge in [-0.1, -0.05) is 30.3 Å². The molecule has 1 amide bonds. The number of azo groups is 1. The zero-order valence-electron chi connectivity index (χ0n) is 10.6. The van der Waals surface area contributed by atoms with E-state index in [0.717, 1.165) is 11.5 Å². The highest BCUT2D eigenvalue weighted by atomic mass is 32.1. The highest BCUT2D eigenvalue weighted by molar-refractivity contribution is 7.09. The number of Topliss-reactive ketones (excluding diaryl/α,β-unsaturated/α-hetero) is 1. The maximum Gasteiger partial charge on any atom is 0.252 e. The molecule has 2 aromatic rings. The van der Waals surface area contributed by atoms with Crippen LogP contribution in [-0.2, 0) is 4.79 Å². The van der Waals surface area contributed by atoms with E-state index in [1.807, 2.05) is 0 Å². The Bertz CT molecular complexity index is 653. The van der Waals surface area contributed by atoms with Crippen molar-refractivity contribution in [2.24, 2.45) is 16.0 Å². The summed E-state index contributed by atoms with van der Waals surface area (Å²) in [6.45, 7) is 1.70. The average molecular weight is 289 g/mol. The van der Waals surface area contributed by atoms with E-state index >= 15 is 0 Å². The van der Waals surface area contributed by atoms with Crippen molar-refractivity contribution in [3.05, 3.63) is 41.7 Å². The third-order valence-corrected chi connectivity index (χ3v) is 3.04. The minimum absolute atomic E-state index is 0.273. The second kappa shape index (κ2) is 6.11. The Kier molecular flexibility index (Phi) is 4.26. The number of hydrogen-bond acceptors (Lipinski definition) is 7. The van der Waals surface area contributed by atoms with Crippen LogP contribution in [0.3, 0.4) is 0 Å². The summed E-state index contributed by atoms with van der Waals surface area (Å²) in [4.78, 5) is 27.4. The summed E-state index contributed by atoms with van der Waals surface area (Å²) >= 11 is 1.03. The van der Waals surface area contributed by atoms with Crippen molar-refractivity contribution in [3.63, 3.8) is 0 Å². The molecule has 2 N–H and O–H groups in total. The predicted octanol–water partition coefficient (Wildman–Crippen LogP) is 1.67. The van der Waals surface area contributed by atoms with E-state index in [4.69, 9.17) is 5.73 Å². The zero-order chi connectivity index (χ0) is 14.5. The Morgan fingerprint density at radius 1 is 1.30 bits per heavy atom. The number of nitrogens with zero attached hydrogens (tertiary/aromatic N) is 4. The van der Waals surface area contributed by atoms with E-state index < -0.39 is 17.7 Å². The fraction of sp³-hybridized carbons (Fsp3) is 0.167. The molecule has 0 spiro atoms. The van der Waals surface area contributed by atoms with Crippen molar-refractivity contribution in [2.75, 3.05) is 0 Å². The first-order valence-electron chi connectivity index (χ1n) is 5.67. The van der Waals surface area contributed by atoms with Gasteiger partial charge in [0, 0.05) is 17.1 Å². The van der Waals surface area contributed by atoms with Gasteiger partial charge in [0.05, 0.1) is 0 Å². The Morgan fingerprint density at radius 2 is 2.00 bits per heavy atom. The molecule has 0 aliphatic heterocycles. The fourth-order valence-corrected chi connectivity index (χ4v) is 1.94. The van der Waals surface area contributed by atoms with Gasteiger partial charge < -0.3 is 5.73 Å². The minimum Gasteiger partial charge on any atom is -0.367 e. The van der Waals surface area contributed by atoms with Gasteiger partial charge in [0.1, 0.15) is 5.82 Å². The number of rotatable bonds is 5. The quantitative estimate of drug-likeness (QED) is 0.512. The summed E-state index contributed by atoms with van der Waals surface area (Å²) in [7, 11) is 0. The molecule has 8 heteroatoms. The molecule has 1 heterocycles. The minimum atomic E-state index is -1.36. The Morgan fingerprint density at radius 3 is 2.55 bits per heavy atom. The molecule has 2 rings (SSSR count). The summed E-state index contributed by atoms with van der Waals surface area (Å²) < 4.78 is 3.92. The summed E-state index contributed by atoms with van der Waals surface area (Å²) in [6, 6.07) is 6.96. The van der Waals surface area contributed by atoms with Crippen molar-refractivity contribution in [3.8, 4) is 0 Å². The molecule has 102 valence electrons. The maximum atomic E-state index is 12.1. The topological polar surface area (TPSA) is 111 Å². The normalized spacial score (nSPS) is 12.4. The second-order valence-corrected chi connectivity index (χ2v) is 4.61. The molecule has 1 aromatic heterocycles. The van der Waals surface area contributed by atoms with E-state index in [1.165, 1.54) is 0 Å². The molecule has 0 bridgehead atoms. The van der Waals surface area contributed by atoms with Gasteiger partial charge >= 0.3 is 0 Å². The largest absolute Gasteiger partial charge is 0.367 e. The number of aryl methyl sites for hydroxylation is 1. The van der Waals surface area contributed by atoms with Gasteiger partial charge in [-0.2, -0.15) is 9.49 Å². The monoisotopic (exact) mass is 289 g/mol. The third kappa shape index (κ3) is 3.29. The van der Waals surface area contributed by atoms with Crippen molar-refractivity contribution in [2.45, 2.75) is 13.0 Å². The maximum absolute atomic E-state index is 12.1. The smallest absolute Gasteiger partial charge is 0.252 e. The lowest BCUT2D eigenvalue weighted by molar-refractivity contribution is -0.118. The first kappa shape index (κ1) is 13.9. The van der Waals surface area contributed by atoms with Gasteiger partial charge in [0.15, 0.2) is 5.78 Å². The number of hydrogen-bond donors (Lipinski definition) is 1. The first-order valence-corrected chi connectivity index (χ1v) is 6.45. The Labute approximate surface area is 118 Å². The van der Waals surface area contributed by atoms with Gasteiger partial charge in [0.25, 0.3) is 5.91 Å². The molecule has 0 radical (unpaired) electrons. The van der Waals surface area contributed by atoms with E-state index in [0.29, 0.717) is 11.4 Å². The molecule has 0 fully saturated rings. The molecule has 0 aliphatic rings. The number of carbonyl (C=O) groups excluding carboxylic acids is 2. The van der Waals surface area contributed by atoms with Crippen molar-refractivity contribution >= 4 is 28.4 Å². The molecule has 1 aromatic carbocycles. The number of amides is 1. The molecule has 1 unspecified atom stereocenters. The van der Waals surface area contributed by atoms with Crippen LogP contribution in [0, 0.1) is 6.92 Å². The SMILES string of the molecule is Cc1nsc(N=NC(C(N)=O)C(=O)c2ccccc2)n1. The second-order valence-electron chi connectivity index (χ2n) is 3.87. The third-order valence-electron chi connectivity index (χ3n) is 2.35. The molecule has 0 saturated carbocycles. The van der Waals surface area contributed by atoms with Gasteiger partial charge in [-0.15, -0.1) is 5.11 Å². The number of nitrogens with two attached hydrogens (primary N) is 1. The van der Waals surface area contributed by atoms with Crippen molar-refractivity contribution in [1.29, 1.82) is 0 Å². The van der Waals surface area contributed by atoms with E-state index in [2.05, 4.69) is 19.6 Å². The first-order chi connectivity index (χ1) is 9.58. The van der Waals surface area contributed by atoms with Crippen LogP contribution >= 0.6 is 11.5 Å². The van der Waals surface area contributed by atoms with Crippen LogP contribution < -0.4 is 5.73 Å². The van der Waals surface area contributed by atoms with E-state index in [1.54, 1.807) is 37.3 Å². The van der Waals surface area contributed by atoms with Gasteiger partial charge in [-0.3, -0.25) is 9.59 Å². The zero-order valence-corrected chi connectivity index (χ0v) is 11.4. The van der Waals surface area contributed by atoms with Gasteiger partial charge in [-0.25, -0.2) is 4.98 Å². The van der Waals surface area contributed by atoms with Crippen LogP contribution in [0.5, 0.6) is 0 Å². The van der Waals surface area contributed by atoms with E-state index in [-0.39, 0.29) is 5.13 Å². The number of aromatic nitrogens is 2. The average Bonchev–Trinajstić information content (AvgIpc) is 2.85. The lowest BCUT2D eigenvalue weighted by Crippen LogP contribution is -2.34. The highest BCUT2D eigenvalue weighted by Gasteiger charge is 2.25. The summed E-state index contributed by atoms with van der Waals surface area (Å²) in [5, 5.41) is 7.71. The van der Waals surface area contributed by atoms with Crippen LogP contribution in [0.4, 0.5) is 5.13 Å². The molecular formula is C12H11N5O2S. The highest BCUT2D eigenvalue weighted by Crippen LogP contribution is 2.16. The number of benzene rings is 1. The predicted molar refractivity (Wildman–Crippen MR) is 72.9 cm³/mol. The summed E-state index contributed by atoms with van der Waals surface area (Å²) in [6.07, 6.45) is 0. The Balaban J connectivity index is 2.22. The molecule has 7 nitrogen and oxygen atoms in total. The summed E-state index contributed by atoms with van der Waals surface area (Å²) in [5.74, 6) is -0.805. The van der Waals surface area contributed by atoms with Gasteiger partial charge in [-0.05, 0) is 6.92 Å². The van der Waals surface area contributed by atoms with Crippen LogP contribution in [0.15, 0.2) is 40.6 Å². The van der Waals surface area contributed by atoms with Crippen molar-refractivity contribution < 1.29 is 9.59 Å². The molecular weight excluding hydrogens is 278 g/mol. The number of ketones is 1. The Hall–Kier alpha value is -2.48. The van der Waals surface area contributed by atoms with Crippen LogP contribution in [0.2, 0.25) is 0 Å².